The third kappa shape index (κ3) is 11.1. The van der Waals surface area contributed by atoms with Gasteiger partial charge in [0, 0.05) is 33.4 Å². The summed E-state index contributed by atoms with van der Waals surface area (Å²) < 4.78 is 84.6. The number of hydrogen-bond acceptors (Lipinski definition) is 6. The number of rotatable bonds is 10. The van der Waals surface area contributed by atoms with E-state index in [0.29, 0.717) is 34.7 Å². The average Bonchev–Trinajstić information content (AvgIpc) is 0.754. The number of nitrogens with zero attached hydrogens (tertiary/aromatic N) is 6. The Kier molecular flexibility index (Phi) is 11.9. The molecule has 0 bridgehead atoms. The minimum Gasteiger partial charge on any atom is -0.208 e. The van der Waals surface area contributed by atoms with Crippen LogP contribution >= 0.6 is 0 Å². The molecule has 0 spiro atoms. The second-order valence-electron chi connectivity index (χ2n) is 22.2. The molecule has 0 aliphatic rings. The smallest absolute Gasteiger partial charge is 0.164 e. The largest absolute Gasteiger partial charge is 0.208 e. The van der Waals surface area contributed by atoms with Crippen molar-refractivity contribution in [3.63, 3.8) is 0 Å². The molecule has 17 aromatic rings. The molecule has 0 saturated carbocycles. The van der Waals surface area contributed by atoms with E-state index in [9.17, 15) is 0 Å². The standard InChI is InChI=1S/C45H29N3.C41H27N3/c1-2-13-32(14-3-1)43-46-44(48-45(47-43)42-20-10-16-31-12-6-7-17-39(31)42)41-19-9-8-18-40(41)38-26-25-36-28-35(23-24-37(36)29-38)34-22-21-30-11-4-5-15-33(30)27-34;1-3-12-29(13-4-1)39-42-40(30-14-5-2-6-15-30)44-41(43-39)38-18-10-9-17-37(38)36-24-23-34-26-33(21-22-35(34)27-36)32-20-19-28-11-7-8-16-31(28)25-32/h1-29H;1-27H/i4D,5D,11D,15D,21D,22D,27D;1D,12D,13D. The third-order valence-corrected chi connectivity index (χ3v) is 16.4. The van der Waals surface area contributed by atoms with Crippen molar-refractivity contribution < 1.29 is 13.7 Å². The second-order valence-corrected chi connectivity index (χ2v) is 22.2. The Morgan fingerprint density at radius 1 is 0.185 bits per heavy atom. The molecule has 0 atom stereocenters. The maximum Gasteiger partial charge on any atom is 0.164 e. The summed E-state index contributed by atoms with van der Waals surface area (Å²) in [7, 11) is 0. The minimum absolute atomic E-state index is 0.0320. The van der Waals surface area contributed by atoms with Crippen LogP contribution < -0.4 is 0 Å². The van der Waals surface area contributed by atoms with Crippen LogP contribution in [0.25, 0.3) is 167 Å². The Hall–Kier alpha value is -12.4. The molecule has 2 heterocycles. The molecule has 0 aliphatic heterocycles. The summed E-state index contributed by atoms with van der Waals surface area (Å²) in [6, 6.07) is 89.9. The van der Waals surface area contributed by atoms with Gasteiger partial charge in [-0.25, -0.2) is 29.9 Å². The molecule has 17 rings (SSSR count). The monoisotopic (exact) mass is 1180 g/mol. The van der Waals surface area contributed by atoms with Gasteiger partial charge in [-0.1, -0.05) is 303 Å². The van der Waals surface area contributed by atoms with Gasteiger partial charge >= 0.3 is 0 Å². The van der Waals surface area contributed by atoms with Crippen LogP contribution in [0.2, 0.25) is 0 Å². The first kappa shape index (κ1) is 45.0. The van der Waals surface area contributed by atoms with Crippen LogP contribution in [0, 0.1) is 0 Å². The second kappa shape index (κ2) is 24.3. The third-order valence-electron chi connectivity index (χ3n) is 16.4. The first-order valence-electron chi connectivity index (χ1n) is 35.2. The van der Waals surface area contributed by atoms with Crippen LogP contribution in [0.15, 0.2) is 339 Å². The van der Waals surface area contributed by atoms with Gasteiger partial charge in [0.05, 0.1) is 13.7 Å². The number of fused-ring (bicyclic) bond motifs is 5. The van der Waals surface area contributed by atoms with Crippen molar-refractivity contribution >= 4 is 53.9 Å². The Bertz CT molecular complexity index is 6210. The van der Waals surface area contributed by atoms with Crippen molar-refractivity contribution in [1.82, 2.24) is 29.9 Å². The van der Waals surface area contributed by atoms with Gasteiger partial charge in [0.15, 0.2) is 34.9 Å². The van der Waals surface area contributed by atoms with Gasteiger partial charge in [0.2, 0.25) is 0 Å². The molecule has 6 heteroatoms. The molecule has 0 amide bonds. The lowest BCUT2D eigenvalue weighted by Gasteiger charge is -2.13. The van der Waals surface area contributed by atoms with Gasteiger partial charge < -0.3 is 0 Å². The quantitative estimate of drug-likeness (QED) is 0.136. The fourth-order valence-electron chi connectivity index (χ4n) is 11.8. The summed E-state index contributed by atoms with van der Waals surface area (Å²) in [5.74, 6) is 2.81. The van der Waals surface area contributed by atoms with Crippen molar-refractivity contribution in [3.8, 4) is 113 Å². The fourth-order valence-corrected chi connectivity index (χ4v) is 11.8. The zero-order chi connectivity index (χ0) is 69.9. The summed E-state index contributed by atoms with van der Waals surface area (Å²) in [5, 5.41) is 8.42. The molecule has 2 aromatic heterocycles. The van der Waals surface area contributed by atoms with Crippen LogP contribution in [0.3, 0.4) is 0 Å². The van der Waals surface area contributed by atoms with E-state index < -0.39 is 24.2 Å². The summed E-state index contributed by atoms with van der Waals surface area (Å²) >= 11 is 0. The van der Waals surface area contributed by atoms with Crippen molar-refractivity contribution in [2.45, 2.75) is 0 Å². The number of aromatic nitrogens is 6. The maximum atomic E-state index is 8.99. The SMILES string of the molecule is [2H]c1c([2H])c([2H])c2c([2H])c(-c3ccc4cc(-c5ccccc5-c5nc(-c6ccccc6)nc(-c6cccc7ccccc67)n5)ccc4c3)c([2H])c([2H])c2c1[2H].[2H]c1cc([2H])c(-c2nc(-c3ccccc3)nc(-c3ccccc3-c3ccc4cc(-c5ccc6ccccc6c5)ccc4c3)n2)c([2H])c1. The average molecular weight is 1180 g/mol. The predicted molar refractivity (Wildman–Crippen MR) is 382 cm³/mol. The van der Waals surface area contributed by atoms with E-state index in [1.54, 1.807) is 6.07 Å². The minimum atomic E-state index is -0.488. The first-order chi connectivity index (χ1) is 49.7. The Morgan fingerprint density at radius 3 is 1.14 bits per heavy atom. The van der Waals surface area contributed by atoms with E-state index in [0.717, 1.165) is 82.4 Å². The molecule has 0 saturated heterocycles. The van der Waals surface area contributed by atoms with Crippen LogP contribution in [0.4, 0.5) is 0 Å². The normalized spacial score (nSPS) is 12.8. The summed E-state index contributed by atoms with van der Waals surface area (Å²) in [5.41, 5.74) is 11.4. The summed E-state index contributed by atoms with van der Waals surface area (Å²) in [6.07, 6.45) is 0. The van der Waals surface area contributed by atoms with Gasteiger partial charge in [0.25, 0.3) is 0 Å². The van der Waals surface area contributed by atoms with Gasteiger partial charge in [-0.05, 0) is 135 Å². The topological polar surface area (TPSA) is 77.3 Å². The molecular formula is C86H56N6. The van der Waals surface area contributed by atoms with E-state index >= 15 is 0 Å². The molecule has 0 radical (unpaired) electrons. The van der Waals surface area contributed by atoms with Crippen LogP contribution in [0.1, 0.15) is 13.7 Å². The maximum absolute atomic E-state index is 8.99. The molecule has 6 nitrogen and oxygen atoms in total. The van der Waals surface area contributed by atoms with Gasteiger partial charge in [-0.15, -0.1) is 0 Å². The van der Waals surface area contributed by atoms with E-state index in [-0.39, 0.29) is 64.0 Å². The summed E-state index contributed by atoms with van der Waals surface area (Å²) in [4.78, 5) is 29.6. The molecule has 0 unspecified atom stereocenters. The molecule has 92 heavy (non-hydrogen) atoms. The summed E-state index contributed by atoms with van der Waals surface area (Å²) in [6.45, 7) is 0. The van der Waals surface area contributed by atoms with Crippen LogP contribution in [-0.4, -0.2) is 29.9 Å². The predicted octanol–water partition coefficient (Wildman–Crippen LogP) is 22.2. The van der Waals surface area contributed by atoms with Crippen molar-refractivity contribution in [3.05, 3.63) is 339 Å². The lowest BCUT2D eigenvalue weighted by molar-refractivity contribution is 1.07. The Balaban J connectivity index is 0.000000160. The molecule has 15 aromatic carbocycles. The number of benzene rings is 15. The molecular weight excluding hydrogens is 1120 g/mol. The molecule has 0 N–H and O–H groups in total. The molecule has 0 fully saturated rings. The van der Waals surface area contributed by atoms with Crippen LogP contribution in [0.5, 0.6) is 0 Å². The van der Waals surface area contributed by atoms with Crippen molar-refractivity contribution in [2.75, 3.05) is 0 Å². The lowest BCUT2D eigenvalue weighted by atomic mass is 9.94. The van der Waals surface area contributed by atoms with Crippen molar-refractivity contribution in [1.29, 1.82) is 0 Å². The Morgan fingerprint density at radius 2 is 0.565 bits per heavy atom. The fraction of sp³-hybridized carbons (Fsp3) is 0. The van der Waals surface area contributed by atoms with Gasteiger partial charge in [-0.3, -0.25) is 0 Å². The van der Waals surface area contributed by atoms with Crippen molar-refractivity contribution in [2.24, 2.45) is 0 Å². The highest BCUT2D eigenvalue weighted by atomic mass is 15.0. The highest BCUT2D eigenvalue weighted by Gasteiger charge is 2.19. The highest BCUT2D eigenvalue weighted by Crippen LogP contribution is 2.39. The van der Waals surface area contributed by atoms with E-state index in [1.165, 1.54) is 34.0 Å². The van der Waals surface area contributed by atoms with Crippen LogP contribution in [-0.2, 0) is 0 Å². The zero-order valence-corrected chi connectivity index (χ0v) is 49.2. The molecule has 0 aliphatic carbocycles. The zero-order valence-electron chi connectivity index (χ0n) is 59.2. The van der Waals surface area contributed by atoms with E-state index in [1.807, 2.05) is 152 Å². The van der Waals surface area contributed by atoms with E-state index in [4.69, 9.17) is 43.6 Å². The molecule has 430 valence electrons. The Labute approximate surface area is 547 Å². The number of hydrogen-bond donors (Lipinski definition) is 0. The first-order valence-corrected chi connectivity index (χ1v) is 30.2. The lowest BCUT2D eigenvalue weighted by Crippen LogP contribution is -2.01. The van der Waals surface area contributed by atoms with Gasteiger partial charge in [0.1, 0.15) is 0 Å². The van der Waals surface area contributed by atoms with Gasteiger partial charge in [-0.2, -0.15) is 0 Å². The van der Waals surface area contributed by atoms with E-state index in [2.05, 4.69) is 109 Å². The highest BCUT2D eigenvalue weighted by molar-refractivity contribution is 5.98.